The van der Waals surface area contributed by atoms with Crippen LogP contribution in [0.1, 0.15) is 18.4 Å². The molecule has 0 bridgehead atoms. The Morgan fingerprint density at radius 2 is 1.77 bits per heavy atom. The van der Waals surface area contributed by atoms with Gasteiger partial charge in [0.25, 0.3) is 0 Å². The Morgan fingerprint density at radius 3 is 2.36 bits per heavy atom. The Hall–Kier alpha value is -1.92. The van der Waals surface area contributed by atoms with Crippen LogP contribution in [0.5, 0.6) is 0 Å². The van der Waals surface area contributed by atoms with E-state index in [1.807, 2.05) is 30.3 Å². The minimum absolute atomic E-state index is 0. The second kappa shape index (κ2) is 8.51. The minimum Gasteiger partial charge on any atom is -0.353 e. The largest absolute Gasteiger partial charge is 0.353 e. The van der Waals surface area contributed by atoms with Gasteiger partial charge in [-0.05, 0) is 12.0 Å². The van der Waals surface area contributed by atoms with E-state index in [4.69, 9.17) is 5.73 Å². The molecule has 0 aliphatic carbocycles. The summed E-state index contributed by atoms with van der Waals surface area (Å²) in [7, 11) is 0. The smallest absolute Gasteiger partial charge is 0.237 e. The quantitative estimate of drug-likeness (QED) is 0.733. The highest BCUT2D eigenvalue weighted by molar-refractivity contribution is 6.01. The number of carbonyl (C=O) groups excluding carboxylic acids is 3. The summed E-state index contributed by atoms with van der Waals surface area (Å²) in [5.41, 5.74) is 6.83. The Morgan fingerprint density at radius 1 is 1.18 bits per heavy atom. The van der Waals surface area contributed by atoms with Crippen LogP contribution in [0, 0.1) is 0 Å². The zero-order valence-corrected chi connectivity index (χ0v) is 13.0. The van der Waals surface area contributed by atoms with Crippen LogP contribution in [-0.4, -0.2) is 41.8 Å². The Bertz CT molecular complexity index is 520. The summed E-state index contributed by atoms with van der Waals surface area (Å²) >= 11 is 0. The first-order valence-electron chi connectivity index (χ1n) is 6.98. The second-order valence-electron chi connectivity index (χ2n) is 5.03. The highest BCUT2D eigenvalue weighted by atomic mass is 35.5. The number of hydrogen-bond donors (Lipinski definition) is 2. The van der Waals surface area contributed by atoms with Crippen LogP contribution in [0.2, 0.25) is 0 Å². The first-order valence-corrected chi connectivity index (χ1v) is 6.98. The molecule has 0 saturated carbocycles. The molecule has 6 nitrogen and oxygen atoms in total. The van der Waals surface area contributed by atoms with Gasteiger partial charge in [0.1, 0.15) is 0 Å². The van der Waals surface area contributed by atoms with Crippen LogP contribution in [0.3, 0.4) is 0 Å². The van der Waals surface area contributed by atoms with E-state index < -0.39 is 6.04 Å². The number of amides is 3. The van der Waals surface area contributed by atoms with Crippen molar-refractivity contribution >= 4 is 30.1 Å². The summed E-state index contributed by atoms with van der Waals surface area (Å²) in [5.74, 6) is -0.636. The number of carbonyl (C=O) groups is 3. The van der Waals surface area contributed by atoms with Gasteiger partial charge in [0, 0.05) is 25.9 Å². The standard InChI is InChI=1S/C15H19N3O3.ClH/c16-12(10-11-4-2-1-3-5-11)15(21)17-8-9-18-13(19)6-7-14(18)20;/h1-5,12H,6-10,16H2,(H,17,21);1H/t12-;/m0./s1. The van der Waals surface area contributed by atoms with Gasteiger partial charge in [-0.3, -0.25) is 19.3 Å². The molecule has 0 spiro atoms. The predicted molar refractivity (Wildman–Crippen MR) is 84.3 cm³/mol. The molecule has 1 aliphatic rings. The van der Waals surface area contributed by atoms with Gasteiger partial charge in [0.05, 0.1) is 6.04 Å². The fraction of sp³-hybridized carbons (Fsp3) is 0.400. The summed E-state index contributed by atoms with van der Waals surface area (Å²) in [6.07, 6.45) is 0.981. The number of rotatable bonds is 6. The van der Waals surface area contributed by atoms with Gasteiger partial charge in [-0.25, -0.2) is 0 Å². The summed E-state index contributed by atoms with van der Waals surface area (Å²) in [4.78, 5) is 35.8. The lowest BCUT2D eigenvalue weighted by Crippen LogP contribution is -2.45. The normalized spacial score (nSPS) is 15.4. The second-order valence-corrected chi connectivity index (χ2v) is 5.03. The van der Waals surface area contributed by atoms with Gasteiger partial charge >= 0.3 is 0 Å². The molecule has 1 atom stereocenters. The number of halogens is 1. The van der Waals surface area contributed by atoms with Crippen molar-refractivity contribution in [1.29, 1.82) is 0 Å². The highest BCUT2D eigenvalue weighted by Gasteiger charge is 2.28. The minimum atomic E-state index is -0.641. The van der Waals surface area contributed by atoms with Crippen LogP contribution in [0.4, 0.5) is 0 Å². The zero-order chi connectivity index (χ0) is 15.2. The molecular weight excluding hydrogens is 306 g/mol. The van der Waals surface area contributed by atoms with Gasteiger partial charge < -0.3 is 11.1 Å². The molecule has 1 aromatic rings. The number of nitrogens with one attached hydrogen (secondary N) is 1. The molecule has 3 amide bonds. The van der Waals surface area contributed by atoms with E-state index in [0.29, 0.717) is 6.42 Å². The van der Waals surface area contributed by atoms with Gasteiger partial charge in [-0.1, -0.05) is 30.3 Å². The molecule has 1 saturated heterocycles. The topological polar surface area (TPSA) is 92.5 Å². The lowest BCUT2D eigenvalue weighted by Gasteiger charge is -2.16. The van der Waals surface area contributed by atoms with Crippen LogP contribution < -0.4 is 11.1 Å². The molecule has 7 heteroatoms. The molecule has 1 aliphatic heterocycles. The molecule has 1 fully saturated rings. The van der Waals surface area contributed by atoms with Gasteiger partial charge in [0.2, 0.25) is 17.7 Å². The van der Waals surface area contributed by atoms with Crippen LogP contribution >= 0.6 is 12.4 Å². The molecule has 1 heterocycles. The number of likely N-dealkylation sites (tertiary alicyclic amines) is 1. The molecule has 0 unspecified atom stereocenters. The van der Waals surface area contributed by atoms with E-state index in [0.717, 1.165) is 5.56 Å². The van der Waals surface area contributed by atoms with Crippen molar-refractivity contribution in [3.05, 3.63) is 35.9 Å². The van der Waals surface area contributed by atoms with E-state index in [9.17, 15) is 14.4 Å². The molecular formula is C15H20ClN3O3. The lowest BCUT2D eigenvalue weighted by molar-refractivity contribution is -0.138. The zero-order valence-electron chi connectivity index (χ0n) is 12.2. The molecule has 22 heavy (non-hydrogen) atoms. The maximum atomic E-state index is 11.9. The lowest BCUT2D eigenvalue weighted by atomic mass is 10.1. The van der Waals surface area contributed by atoms with E-state index in [2.05, 4.69) is 5.32 Å². The number of benzene rings is 1. The third-order valence-corrected chi connectivity index (χ3v) is 3.42. The average molecular weight is 326 g/mol. The van der Waals surface area contributed by atoms with Crippen molar-refractivity contribution in [2.45, 2.75) is 25.3 Å². The van der Waals surface area contributed by atoms with Crippen LogP contribution in [-0.2, 0) is 20.8 Å². The summed E-state index contributed by atoms with van der Waals surface area (Å²) < 4.78 is 0. The Kier molecular flexibility index (Phi) is 7.01. The maximum absolute atomic E-state index is 11.9. The molecule has 120 valence electrons. The molecule has 0 aromatic heterocycles. The van der Waals surface area contributed by atoms with Crippen molar-refractivity contribution in [1.82, 2.24) is 10.2 Å². The fourth-order valence-electron chi connectivity index (χ4n) is 2.25. The summed E-state index contributed by atoms with van der Waals surface area (Å²) in [6.45, 7) is 0.445. The Balaban J connectivity index is 0.00000242. The monoisotopic (exact) mass is 325 g/mol. The number of nitrogens with zero attached hydrogens (tertiary/aromatic N) is 1. The third-order valence-electron chi connectivity index (χ3n) is 3.42. The van der Waals surface area contributed by atoms with E-state index in [1.54, 1.807) is 0 Å². The highest BCUT2D eigenvalue weighted by Crippen LogP contribution is 2.10. The molecule has 1 aromatic carbocycles. The van der Waals surface area contributed by atoms with Gasteiger partial charge in [-0.15, -0.1) is 12.4 Å². The first-order chi connectivity index (χ1) is 10.1. The molecule has 2 rings (SSSR count). The number of hydrogen-bond acceptors (Lipinski definition) is 4. The predicted octanol–water partition coefficient (Wildman–Crippen LogP) is 0.243. The van der Waals surface area contributed by atoms with E-state index >= 15 is 0 Å². The van der Waals surface area contributed by atoms with Crippen molar-refractivity contribution in [3.63, 3.8) is 0 Å². The molecule has 0 radical (unpaired) electrons. The van der Waals surface area contributed by atoms with Crippen molar-refractivity contribution in [3.8, 4) is 0 Å². The molecule has 3 N–H and O–H groups in total. The van der Waals surface area contributed by atoms with E-state index in [-0.39, 0.29) is 56.1 Å². The summed E-state index contributed by atoms with van der Waals surface area (Å²) in [5, 5.41) is 2.66. The van der Waals surface area contributed by atoms with Crippen molar-refractivity contribution in [2.75, 3.05) is 13.1 Å². The van der Waals surface area contributed by atoms with Gasteiger partial charge in [-0.2, -0.15) is 0 Å². The maximum Gasteiger partial charge on any atom is 0.237 e. The number of nitrogens with two attached hydrogens (primary N) is 1. The van der Waals surface area contributed by atoms with E-state index in [1.165, 1.54) is 4.90 Å². The third kappa shape index (κ3) is 4.82. The van der Waals surface area contributed by atoms with Crippen LogP contribution in [0.25, 0.3) is 0 Å². The SMILES string of the molecule is Cl.N[C@@H](Cc1ccccc1)C(=O)NCCN1C(=O)CCC1=O. The van der Waals surface area contributed by atoms with Gasteiger partial charge in [0.15, 0.2) is 0 Å². The van der Waals surface area contributed by atoms with Crippen LogP contribution in [0.15, 0.2) is 30.3 Å². The number of imide groups is 1. The van der Waals surface area contributed by atoms with Crippen molar-refractivity contribution in [2.24, 2.45) is 5.73 Å². The first kappa shape index (κ1) is 18.1. The van der Waals surface area contributed by atoms with Crippen molar-refractivity contribution < 1.29 is 14.4 Å². The summed E-state index contributed by atoms with van der Waals surface area (Å²) in [6, 6.07) is 8.87. The average Bonchev–Trinajstić information content (AvgIpc) is 2.80. The fourth-order valence-corrected chi connectivity index (χ4v) is 2.25. The Labute approximate surface area is 135 Å².